The standard InChI is InChI=1S/C11H22N2O3S/c1-2-17(15,16)8-7-13-10-5-3-9(4-6-10)11(12)14/h9-10,13H,2-8H2,1H3,(H2,12,14). The van der Waals surface area contributed by atoms with Crippen molar-refractivity contribution in [2.24, 2.45) is 11.7 Å². The third kappa shape index (κ3) is 5.04. The quantitative estimate of drug-likeness (QED) is 0.708. The summed E-state index contributed by atoms with van der Waals surface area (Å²) in [5.41, 5.74) is 5.25. The number of sulfone groups is 1. The molecule has 100 valence electrons. The highest BCUT2D eigenvalue weighted by atomic mass is 32.2. The Hall–Kier alpha value is -0.620. The van der Waals surface area contributed by atoms with Crippen molar-refractivity contribution in [2.45, 2.75) is 38.6 Å². The van der Waals surface area contributed by atoms with E-state index in [1.54, 1.807) is 6.92 Å². The van der Waals surface area contributed by atoms with Crippen LogP contribution in [-0.2, 0) is 14.6 Å². The van der Waals surface area contributed by atoms with E-state index in [9.17, 15) is 13.2 Å². The van der Waals surface area contributed by atoms with Gasteiger partial charge in [0, 0.05) is 24.3 Å². The molecule has 0 aromatic carbocycles. The van der Waals surface area contributed by atoms with Crippen LogP contribution in [0, 0.1) is 5.92 Å². The summed E-state index contributed by atoms with van der Waals surface area (Å²) in [6.07, 6.45) is 3.43. The molecule has 5 nitrogen and oxygen atoms in total. The average molecular weight is 262 g/mol. The van der Waals surface area contributed by atoms with Crippen molar-refractivity contribution >= 4 is 15.7 Å². The lowest BCUT2D eigenvalue weighted by atomic mass is 9.86. The van der Waals surface area contributed by atoms with Gasteiger partial charge in [0.1, 0.15) is 0 Å². The Balaban J connectivity index is 2.21. The fourth-order valence-electron chi connectivity index (χ4n) is 2.14. The summed E-state index contributed by atoms with van der Waals surface area (Å²) in [4.78, 5) is 11.0. The van der Waals surface area contributed by atoms with E-state index < -0.39 is 9.84 Å². The highest BCUT2D eigenvalue weighted by Crippen LogP contribution is 2.23. The lowest BCUT2D eigenvalue weighted by Gasteiger charge is -2.27. The molecule has 1 saturated carbocycles. The number of carbonyl (C=O) groups is 1. The topological polar surface area (TPSA) is 89.3 Å². The van der Waals surface area contributed by atoms with E-state index in [2.05, 4.69) is 5.32 Å². The highest BCUT2D eigenvalue weighted by molar-refractivity contribution is 7.91. The second kappa shape index (κ2) is 6.35. The van der Waals surface area contributed by atoms with Gasteiger partial charge < -0.3 is 11.1 Å². The Morgan fingerprint density at radius 1 is 1.29 bits per heavy atom. The lowest BCUT2D eigenvalue weighted by Crippen LogP contribution is -2.38. The first kappa shape index (κ1) is 14.4. The van der Waals surface area contributed by atoms with Crippen LogP contribution in [0.1, 0.15) is 32.6 Å². The second-order valence-corrected chi connectivity index (χ2v) is 7.11. The molecule has 0 bridgehead atoms. The molecule has 17 heavy (non-hydrogen) atoms. The molecule has 0 heterocycles. The number of carbonyl (C=O) groups excluding carboxylic acids is 1. The van der Waals surface area contributed by atoms with E-state index in [-0.39, 0.29) is 23.3 Å². The SMILES string of the molecule is CCS(=O)(=O)CCNC1CCC(C(N)=O)CC1. The zero-order valence-corrected chi connectivity index (χ0v) is 11.1. The highest BCUT2D eigenvalue weighted by Gasteiger charge is 2.24. The molecular weight excluding hydrogens is 240 g/mol. The normalized spacial score (nSPS) is 25.7. The molecule has 0 aromatic heterocycles. The first-order valence-corrected chi connectivity index (χ1v) is 8.00. The minimum Gasteiger partial charge on any atom is -0.369 e. The number of amides is 1. The fraction of sp³-hybridized carbons (Fsp3) is 0.909. The van der Waals surface area contributed by atoms with E-state index in [4.69, 9.17) is 5.73 Å². The summed E-state index contributed by atoms with van der Waals surface area (Å²) in [6.45, 7) is 2.16. The summed E-state index contributed by atoms with van der Waals surface area (Å²) < 4.78 is 22.6. The summed E-state index contributed by atoms with van der Waals surface area (Å²) in [7, 11) is -2.88. The van der Waals surface area contributed by atoms with Crippen LogP contribution in [-0.4, -0.2) is 38.4 Å². The van der Waals surface area contributed by atoms with Gasteiger partial charge in [0.2, 0.25) is 5.91 Å². The fourth-order valence-corrected chi connectivity index (χ4v) is 2.86. The molecule has 0 aliphatic heterocycles. The van der Waals surface area contributed by atoms with Crippen LogP contribution in [0.25, 0.3) is 0 Å². The van der Waals surface area contributed by atoms with Gasteiger partial charge in [-0.05, 0) is 25.7 Å². The van der Waals surface area contributed by atoms with Crippen molar-refractivity contribution in [3.63, 3.8) is 0 Å². The molecule has 0 spiro atoms. The Kier molecular flexibility index (Phi) is 5.39. The number of hydrogen-bond donors (Lipinski definition) is 2. The first-order valence-electron chi connectivity index (χ1n) is 6.17. The molecule has 1 aliphatic rings. The monoisotopic (exact) mass is 262 g/mol. The smallest absolute Gasteiger partial charge is 0.220 e. The van der Waals surface area contributed by atoms with Gasteiger partial charge in [-0.3, -0.25) is 4.79 Å². The van der Waals surface area contributed by atoms with E-state index in [0.29, 0.717) is 12.6 Å². The summed E-state index contributed by atoms with van der Waals surface area (Å²) in [6, 6.07) is 0.331. The number of hydrogen-bond acceptors (Lipinski definition) is 4. The minimum absolute atomic E-state index is 0.00687. The third-order valence-corrected chi connectivity index (χ3v) is 5.12. The molecule has 1 aliphatic carbocycles. The van der Waals surface area contributed by atoms with Crippen LogP contribution in [0.3, 0.4) is 0 Å². The third-order valence-electron chi connectivity index (χ3n) is 3.42. The van der Waals surface area contributed by atoms with Crippen molar-refractivity contribution in [3.8, 4) is 0 Å². The molecule has 0 saturated heterocycles. The molecule has 3 N–H and O–H groups in total. The predicted molar refractivity (Wildman–Crippen MR) is 67.3 cm³/mol. The van der Waals surface area contributed by atoms with Gasteiger partial charge in [-0.15, -0.1) is 0 Å². The Labute approximate surface area is 103 Å². The molecule has 0 atom stereocenters. The number of nitrogens with two attached hydrogens (primary N) is 1. The molecule has 0 aromatic rings. The number of primary amides is 1. The summed E-state index contributed by atoms with van der Waals surface area (Å²) in [5, 5.41) is 3.24. The van der Waals surface area contributed by atoms with Gasteiger partial charge in [0.25, 0.3) is 0 Å². The van der Waals surface area contributed by atoms with Gasteiger partial charge in [0.15, 0.2) is 9.84 Å². The Morgan fingerprint density at radius 2 is 1.88 bits per heavy atom. The van der Waals surface area contributed by atoms with Crippen molar-refractivity contribution < 1.29 is 13.2 Å². The van der Waals surface area contributed by atoms with E-state index in [1.807, 2.05) is 0 Å². The molecule has 1 rings (SSSR count). The molecule has 1 amide bonds. The van der Waals surface area contributed by atoms with Crippen LogP contribution in [0.2, 0.25) is 0 Å². The zero-order chi connectivity index (χ0) is 12.9. The molecule has 1 fully saturated rings. The van der Waals surface area contributed by atoms with Gasteiger partial charge in [-0.1, -0.05) is 6.92 Å². The maximum Gasteiger partial charge on any atom is 0.220 e. The van der Waals surface area contributed by atoms with Crippen molar-refractivity contribution in [1.82, 2.24) is 5.32 Å². The first-order chi connectivity index (χ1) is 7.94. The molecule has 0 unspecified atom stereocenters. The summed E-state index contributed by atoms with van der Waals surface area (Å²) in [5.74, 6) is 0.187. The van der Waals surface area contributed by atoms with Crippen molar-refractivity contribution in [1.29, 1.82) is 0 Å². The zero-order valence-electron chi connectivity index (χ0n) is 10.3. The lowest BCUT2D eigenvalue weighted by molar-refractivity contribution is -0.122. The second-order valence-electron chi connectivity index (χ2n) is 4.64. The van der Waals surface area contributed by atoms with Gasteiger partial charge in [-0.2, -0.15) is 0 Å². The maximum absolute atomic E-state index is 11.3. The molecule has 6 heteroatoms. The minimum atomic E-state index is -2.88. The van der Waals surface area contributed by atoms with Crippen LogP contribution in [0.4, 0.5) is 0 Å². The number of rotatable bonds is 6. The van der Waals surface area contributed by atoms with Gasteiger partial charge >= 0.3 is 0 Å². The van der Waals surface area contributed by atoms with E-state index in [0.717, 1.165) is 25.7 Å². The van der Waals surface area contributed by atoms with Crippen LogP contribution < -0.4 is 11.1 Å². The Bertz CT molecular complexity index is 346. The van der Waals surface area contributed by atoms with Crippen molar-refractivity contribution in [3.05, 3.63) is 0 Å². The predicted octanol–water partition coefficient (Wildman–Crippen LogP) is 0.0548. The van der Waals surface area contributed by atoms with Crippen LogP contribution >= 0.6 is 0 Å². The van der Waals surface area contributed by atoms with Gasteiger partial charge in [-0.25, -0.2) is 8.42 Å². The maximum atomic E-state index is 11.3. The largest absolute Gasteiger partial charge is 0.369 e. The Morgan fingerprint density at radius 3 is 2.35 bits per heavy atom. The number of nitrogens with one attached hydrogen (secondary N) is 1. The van der Waals surface area contributed by atoms with Crippen molar-refractivity contribution in [2.75, 3.05) is 18.1 Å². The van der Waals surface area contributed by atoms with E-state index in [1.165, 1.54) is 0 Å². The van der Waals surface area contributed by atoms with E-state index >= 15 is 0 Å². The average Bonchev–Trinajstić information content (AvgIpc) is 2.29. The molecular formula is C11H22N2O3S. The van der Waals surface area contributed by atoms with Gasteiger partial charge in [0.05, 0.1) is 5.75 Å². The summed E-state index contributed by atoms with van der Waals surface area (Å²) >= 11 is 0. The molecule has 0 radical (unpaired) electrons. The van der Waals surface area contributed by atoms with Crippen LogP contribution in [0.5, 0.6) is 0 Å². The van der Waals surface area contributed by atoms with Crippen LogP contribution in [0.15, 0.2) is 0 Å².